The predicted octanol–water partition coefficient (Wildman–Crippen LogP) is 9.46. The number of carbonyl (C=O) groups is 1. The molecule has 7 aromatic rings. The first-order valence-electron chi connectivity index (χ1n) is 17.8. The number of aromatic amines is 1. The number of unbranched alkanes of at least 4 members (excludes halogenated alkanes) is 1. The standard InChI is InChI=1S/C43H40ClN7O2/c1-3-4-24-38-45-39(40(44)46-38)37(50(2)42(52)53)29-30-25-27-31(28-26-30)35-22-14-15-23-36(35)41-47-49-51(48-41)43(32-16-8-5-9-17-32,33-18-10-6-11-19-33)34-20-12-7-13-21-34/h5-23,25-28,37H,3-4,24,29H2,1-2H3,(H,45,46)(H,52,53)/t37-/m1/s1. The summed E-state index contributed by atoms with van der Waals surface area (Å²) in [4.78, 5) is 22.9. The molecule has 0 saturated heterocycles. The first-order valence-corrected chi connectivity index (χ1v) is 18.1. The van der Waals surface area contributed by atoms with Crippen molar-refractivity contribution in [2.75, 3.05) is 7.05 Å². The molecule has 266 valence electrons. The number of tetrazole rings is 1. The fourth-order valence-electron chi connectivity index (χ4n) is 6.99. The molecule has 53 heavy (non-hydrogen) atoms. The summed E-state index contributed by atoms with van der Waals surface area (Å²) in [7, 11) is 1.56. The van der Waals surface area contributed by atoms with E-state index >= 15 is 0 Å². The number of hydrogen-bond donors (Lipinski definition) is 2. The van der Waals surface area contributed by atoms with Gasteiger partial charge in [0.25, 0.3) is 0 Å². The molecule has 0 bridgehead atoms. The average Bonchev–Trinajstić information content (AvgIpc) is 3.85. The Kier molecular flexibility index (Phi) is 10.5. The lowest BCUT2D eigenvalue weighted by Gasteiger charge is -2.34. The van der Waals surface area contributed by atoms with Crippen LogP contribution in [0.15, 0.2) is 140 Å². The number of H-pyrrole nitrogens is 1. The molecule has 10 heteroatoms. The zero-order valence-electron chi connectivity index (χ0n) is 29.6. The van der Waals surface area contributed by atoms with Crippen molar-refractivity contribution in [3.05, 3.63) is 178 Å². The van der Waals surface area contributed by atoms with Crippen molar-refractivity contribution in [1.82, 2.24) is 35.1 Å². The van der Waals surface area contributed by atoms with Crippen molar-refractivity contribution in [3.8, 4) is 22.5 Å². The molecule has 1 amide bonds. The summed E-state index contributed by atoms with van der Waals surface area (Å²) in [6.45, 7) is 2.11. The van der Waals surface area contributed by atoms with Crippen LogP contribution in [0, 0.1) is 0 Å². The molecule has 1 atom stereocenters. The van der Waals surface area contributed by atoms with Gasteiger partial charge in [0.15, 0.2) is 10.7 Å². The smallest absolute Gasteiger partial charge is 0.407 e. The SMILES string of the molecule is CCCCc1nc(Cl)c([C@@H](Cc2ccc(-c3ccccc3-c3nnn(C(c4ccccc4)(c4ccccc4)c4ccccc4)n3)cc2)N(C)C(=O)O)[nH]1. The summed E-state index contributed by atoms with van der Waals surface area (Å²) in [6.07, 6.45) is 2.10. The number of hydrogen-bond acceptors (Lipinski definition) is 5. The van der Waals surface area contributed by atoms with Crippen LogP contribution in [0.1, 0.15) is 59.6 Å². The van der Waals surface area contributed by atoms with Gasteiger partial charge in [0.2, 0.25) is 5.82 Å². The summed E-state index contributed by atoms with van der Waals surface area (Å²) >= 11 is 6.57. The summed E-state index contributed by atoms with van der Waals surface area (Å²) < 4.78 is 0. The summed E-state index contributed by atoms with van der Waals surface area (Å²) in [6, 6.07) is 46.4. The largest absolute Gasteiger partial charge is 0.465 e. The van der Waals surface area contributed by atoms with Crippen LogP contribution in [0.3, 0.4) is 0 Å². The molecule has 0 fully saturated rings. The van der Waals surface area contributed by atoms with Crippen molar-refractivity contribution < 1.29 is 9.90 Å². The molecule has 0 unspecified atom stereocenters. The highest BCUT2D eigenvalue weighted by molar-refractivity contribution is 6.30. The molecule has 0 aliphatic rings. The molecule has 2 heterocycles. The maximum absolute atomic E-state index is 12.1. The first kappa shape index (κ1) is 35.3. The number of aryl methyl sites for hydroxylation is 1. The van der Waals surface area contributed by atoms with Crippen LogP contribution in [0.25, 0.3) is 22.5 Å². The number of amides is 1. The Morgan fingerprint density at radius 3 is 1.91 bits per heavy atom. The van der Waals surface area contributed by atoms with E-state index in [-0.39, 0.29) is 0 Å². The van der Waals surface area contributed by atoms with Crippen LogP contribution in [0.4, 0.5) is 4.79 Å². The number of nitrogens with one attached hydrogen (secondary N) is 1. The third kappa shape index (κ3) is 7.08. The lowest BCUT2D eigenvalue weighted by atomic mass is 9.77. The van der Waals surface area contributed by atoms with Crippen LogP contribution >= 0.6 is 11.6 Å². The van der Waals surface area contributed by atoms with Gasteiger partial charge in [0.1, 0.15) is 5.82 Å². The highest BCUT2D eigenvalue weighted by atomic mass is 35.5. The van der Waals surface area contributed by atoms with Gasteiger partial charge >= 0.3 is 6.09 Å². The molecule has 5 aromatic carbocycles. The quantitative estimate of drug-likeness (QED) is 0.115. The molecule has 2 aromatic heterocycles. The van der Waals surface area contributed by atoms with Gasteiger partial charge in [-0.2, -0.15) is 0 Å². The van der Waals surface area contributed by atoms with Crippen molar-refractivity contribution in [2.24, 2.45) is 0 Å². The van der Waals surface area contributed by atoms with E-state index in [1.165, 1.54) is 4.90 Å². The van der Waals surface area contributed by atoms with Crippen molar-refractivity contribution in [1.29, 1.82) is 0 Å². The monoisotopic (exact) mass is 721 g/mol. The zero-order chi connectivity index (χ0) is 36.8. The van der Waals surface area contributed by atoms with Gasteiger partial charge in [-0.25, -0.2) is 9.78 Å². The fourth-order valence-corrected chi connectivity index (χ4v) is 7.26. The topological polar surface area (TPSA) is 113 Å². The van der Waals surface area contributed by atoms with Gasteiger partial charge in [-0.15, -0.1) is 15.0 Å². The lowest BCUT2D eigenvalue weighted by molar-refractivity contribution is 0.137. The Morgan fingerprint density at radius 1 is 0.811 bits per heavy atom. The van der Waals surface area contributed by atoms with Gasteiger partial charge in [-0.05, 0) is 51.4 Å². The molecular weight excluding hydrogens is 682 g/mol. The Bertz CT molecular complexity index is 2180. The van der Waals surface area contributed by atoms with E-state index in [0.29, 0.717) is 23.1 Å². The second-order valence-corrected chi connectivity index (χ2v) is 13.4. The maximum Gasteiger partial charge on any atom is 0.407 e. The van der Waals surface area contributed by atoms with E-state index in [9.17, 15) is 9.90 Å². The Morgan fingerprint density at radius 2 is 1.36 bits per heavy atom. The minimum Gasteiger partial charge on any atom is -0.465 e. The minimum absolute atomic E-state index is 0.302. The fraction of sp³-hybridized carbons (Fsp3) is 0.186. The summed E-state index contributed by atoms with van der Waals surface area (Å²) in [5.41, 5.74) is 6.42. The molecule has 0 radical (unpaired) electrons. The minimum atomic E-state index is -1.04. The number of carboxylic acid groups (broad SMARTS) is 1. The molecular formula is C43H40ClN7O2. The van der Waals surface area contributed by atoms with Gasteiger partial charge in [0, 0.05) is 19.0 Å². The van der Waals surface area contributed by atoms with Gasteiger partial charge in [-0.3, -0.25) is 0 Å². The number of imidazole rings is 1. The number of benzene rings is 5. The third-order valence-corrected chi connectivity index (χ3v) is 10.0. The van der Waals surface area contributed by atoms with Crippen molar-refractivity contribution in [2.45, 2.75) is 44.2 Å². The number of rotatable bonds is 13. The molecule has 0 aliphatic heterocycles. The Labute approximate surface area is 313 Å². The average molecular weight is 722 g/mol. The second kappa shape index (κ2) is 15.7. The van der Waals surface area contributed by atoms with Crippen LogP contribution < -0.4 is 0 Å². The number of aromatic nitrogens is 6. The molecule has 7 rings (SSSR count). The van der Waals surface area contributed by atoms with E-state index in [0.717, 1.165) is 64.0 Å². The number of nitrogens with zero attached hydrogens (tertiary/aromatic N) is 6. The zero-order valence-corrected chi connectivity index (χ0v) is 30.4. The maximum atomic E-state index is 12.1. The Hall–Kier alpha value is -6.06. The number of halogens is 1. The molecule has 0 aliphatic carbocycles. The van der Waals surface area contributed by atoms with Crippen LogP contribution in [0.5, 0.6) is 0 Å². The van der Waals surface area contributed by atoms with E-state index in [1.807, 2.05) is 103 Å². The summed E-state index contributed by atoms with van der Waals surface area (Å²) in [5.74, 6) is 1.26. The van der Waals surface area contributed by atoms with E-state index in [2.05, 4.69) is 58.4 Å². The molecule has 0 spiro atoms. The molecule has 9 nitrogen and oxygen atoms in total. The molecule has 2 N–H and O–H groups in total. The lowest BCUT2D eigenvalue weighted by Crippen LogP contribution is -2.39. The highest BCUT2D eigenvalue weighted by Gasteiger charge is 2.41. The first-order chi connectivity index (χ1) is 25.9. The van der Waals surface area contributed by atoms with E-state index < -0.39 is 17.7 Å². The van der Waals surface area contributed by atoms with Crippen LogP contribution in [-0.4, -0.2) is 53.3 Å². The van der Waals surface area contributed by atoms with Crippen LogP contribution in [-0.2, 0) is 18.4 Å². The third-order valence-electron chi connectivity index (χ3n) is 9.75. The van der Waals surface area contributed by atoms with Crippen molar-refractivity contribution in [3.63, 3.8) is 0 Å². The molecule has 0 saturated carbocycles. The van der Waals surface area contributed by atoms with Crippen LogP contribution in [0.2, 0.25) is 5.15 Å². The van der Waals surface area contributed by atoms with E-state index in [4.69, 9.17) is 21.9 Å². The summed E-state index contributed by atoms with van der Waals surface area (Å²) in [5, 5.41) is 24.8. The number of likely N-dealkylation sites (N-methyl/N-ethyl adjacent to an activating group) is 1. The van der Waals surface area contributed by atoms with Gasteiger partial charge in [0.05, 0.1) is 11.7 Å². The van der Waals surface area contributed by atoms with Crippen molar-refractivity contribution >= 4 is 17.7 Å². The predicted molar refractivity (Wildman–Crippen MR) is 208 cm³/mol. The van der Waals surface area contributed by atoms with Gasteiger partial charge < -0.3 is 15.0 Å². The highest BCUT2D eigenvalue weighted by Crippen LogP contribution is 2.40. The second-order valence-electron chi connectivity index (χ2n) is 13.1. The van der Waals surface area contributed by atoms with E-state index in [1.54, 1.807) is 11.8 Å². The van der Waals surface area contributed by atoms with Gasteiger partial charge in [-0.1, -0.05) is 164 Å². The Balaban J connectivity index is 1.25. The normalized spacial score (nSPS) is 12.1.